The van der Waals surface area contributed by atoms with Gasteiger partial charge in [0.1, 0.15) is 6.33 Å². The number of aromatic nitrogens is 3. The normalized spacial score (nSPS) is 28.7. The molecule has 4 heteroatoms. The summed E-state index contributed by atoms with van der Waals surface area (Å²) in [6.45, 7) is 2.33. The summed E-state index contributed by atoms with van der Waals surface area (Å²) in [4.78, 5) is 0. The molecule has 1 aromatic heterocycles. The molecule has 0 N–H and O–H groups in total. The summed E-state index contributed by atoms with van der Waals surface area (Å²) in [5, 5.41) is 8.18. The Balaban J connectivity index is 2.08. The minimum absolute atomic E-state index is 0.516. The second kappa shape index (κ2) is 4.30. The fourth-order valence-corrected chi connectivity index (χ4v) is 2.44. The van der Waals surface area contributed by atoms with Gasteiger partial charge < -0.3 is 4.57 Å². The molecule has 2 unspecified atom stereocenters. The lowest BCUT2D eigenvalue weighted by Gasteiger charge is -2.15. The topological polar surface area (TPSA) is 30.7 Å². The lowest BCUT2D eigenvalue weighted by molar-refractivity contribution is 0.432. The summed E-state index contributed by atoms with van der Waals surface area (Å²) in [5.74, 6) is 0.857. The third-order valence-corrected chi connectivity index (χ3v) is 3.42. The van der Waals surface area contributed by atoms with Gasteiger partial charge in [0, 0.05) is 6.04 Å². The van der Waals surface area contributed by atoms with Crippen molar-refractivity contribution in [1.82, 2.24) is 14.8 Å². The van der Waals surface area contributed by atoms with E-state index < -0.39 is 0 Å². The number of hydrogen-bond donors (Lipinski definition) is 0. The Morgan fingerprint density at radius 2 is 2.21 bits per heavy atom. The molecule has 2 rings (SSSR count). The van der Waals surface area contributed by atoms with Gasteiger partial charge >= 0.3 is 0 Å². The van der Waals surface area contributed by atoms with Crippen LogP contribution < -0.4 is 0 Å². The van der Waals surface area contributed by atoms with Crippen molar-refractivity contribution in [2.45, 2.75) is 45.1 Å². The van der Waals surface area contributed by atoms with E-state index in [1.165, 1.54) is 32.1 Å². The first-order valence-electron chi connectivity index (χ1n) is 5.32. The molecule has 0 aliphatic heterocycles. The Bertz CT molecular complexity index is 297. The number of hydrogen-bond acceptors (Lipinski definition) is 2. The van der Waals surface area contributed by atoms with Crippen molar-refractivity contribution in [2.24, 2.45) is 5.92 Å². The smallest absolute Gasteiger partial charge is 0.225 e. The molecule has 1 fully saturated rings. The molecular formula is C10H16ClN3. The average Bonchev–Trinajstić information content (AvgIpc) is 2.46. The third kappa shape index (κ3) is 2.08. The minimum atomic E-state index is 0.516. The molecule has 0 saturated heterocycles. The molecule has 0 amide bonds. The maximum absolute atomic E-state index is 5.95. The van der Waals surface area contributed by atoms with Gasteiger partial charge in [0.25, 0.3) is 0 Å². The van der Waals surface area contributed by atoms with E-state index in [4.69, 9.17) is 11.6 Å². The monoisotopic (exact) mass is 213 g/mol. The highest BCUT2D eigenvalue weighted by atomic mass is 35.5. The first-order valence-corrected chi connectivity index (χ1v) is 5.70. The van der Waals surface area contributed by atoms with E-state index >= 15 is 0 Å². The first-order chi connectivity index (χ1) is 6.77. The van der Waals surface area contributed by atoms with Gasteiger partial charge in [-0.05, 0) is 36.8 Å². The standard InChI is InChI=1S/C10H16ClN3/c1-8-3-2-4-9(6-5-8)14-7-12-13-10(14)11/h7-9H,2-6H2,1H3. The SMILES string of the molecule is CC1CCCC(n2cnnc2Cl)CC1. The van der Waals surface area contributed by atoms with E-state index in [1.807, 2.05) is 4.57 Å². The summed E-state index contributed by atoms with van der Waals surface area (Å²) in [7, 11) is 0. The van der Waals surface area contributed by atoms with E-state index in [1.54, 1.807) is 6.33 Å². The van der Waals surface area contributed by atoms with Crippen LogP contribution >= 0.6 is 11.6 Å². The zero-order valence-electron chi connectivity index (χ0n) is 8.49. The van der Waals surface area contributed by atoms with Crippen LogP contribution in [0.25, 0.3) is 0 Å². The molecule has 0 radical (unpaired) electrons. The van der Waals surface area contributed by atoms with E-state index in [0.717, 1.165) is 5.92 Å². The average molecular weight is 214 g/mol. The van der Waals surface area contributed by atoms with Crippen LogP contribution in [0.4, 0.5) is 0 Å². The molecule has 78 valence electrons. The van der Waals surface area contributed by atoms with Crippen LogP contribution in [-0.4, -0.2) is 14.8 Å². The Hall–Kier alpha value is -0.570. The number of rotatable bonds is 1. The van der Waals surface area contributed by atoms with Gasteiger partial charge in [0.15, 0.2) is 0 Å². The summed E-state index contributed by atoms with van der Waals surface area (Å²) in [5.41, 5.74) is 0. The van der Waals surface area contributed by atoms with Crippen LogP contribution in [0.1, 0.15) is 45.1 Å². The van der Waals surface area contributed by atoms with Crippen LogP contribution in [0.2, 0.25) is 5.28 Å². The zero-order valence-corrected chi connectivity index (χ0v) is 9.24. The van der Waals surface area contributed by atoms with Gasteiger partial charge in [-0.15, -0.1) is 10.2 Å². The highest BCUT2D eigenvalue weighted by Gasteiger charge is 2.19. The minimum Gasteiger partial charge on any atom is -0.301 e. The molecule has 1 aromatic rings. The predicted octanol–water partition coefficient (Wildman–Crippen LogP) is 3.07. The zero-order chi connectivity index (χ0) is 9.97. The fourth-order valence-electron chi connectivity index (χ4n) is 2.22. The highest BCUT2D eigenvalue weighted by Crippen LogP contribution is 2.31. The van der Waals surface area contributed by atoms with Crippen molar-refractivity contribution in [3.63, 3.8) is 0 Å². The molecule has 1 aliphatic carbocycles. The van der Waals surface area contributed by atoms with Gasteiger partial charge in [0.2, 0.25) is 5.28 Å². The fraction of sp³-hybridized carbons (Fsp3) is 0.800. The Labute approximate surface area is 89.5 Å². The van der Waals surface area contributed by atoms with Crippen LogP contribution in [0, 0.1) is 5.92 Å². The van der Waals surface area contributed by atoms with Crippen molar-refractivity contribution >= 4 is 11.6 Å². The van der Waals surface area contributed by atoms with Crippen molar-refractivity contribution in [3.05, 3.63) is 11.6 Å². The van der Waals surface area contributed by atoms with Crippen LogP contribution in [0.5, 0.6) is 0 Å². The van der Waals surface area contributed by atoms with Crippen LogP contribution in [0.15, 0.2) is 6.33 Å². The molecule has 3 nitrogen and oxygen atoms in total. The van der Waals surface area contributed by atoms with E-state index in [2.05, 4.69) is 17.1 Å². The van der Waals surface area contributed by atoms with Gasteiger partial charge in [-0.1, -0.05) is 19.8 Å². The predicted molar refractivity (Wildman–Crippen MR) is 56.3 cm³/mol. The second-order valence-corrected chi connectivity index (χ2v) is 4.61. The molecule has 2 atom stereocenters. The molecule has 1 aliphatic rings. The molecular weight excluding hydrogens is 198 g/mol. The van der Waals surface area contributed by atoms with E-state index in [9.17, 15) is 0 Å². The molecule has 1 saturated carbocycles. The Morgan fingerprint density at radius 3 is 2.93 bits per heavy atom. The molecule has 0 bridgehead atoms. The van der Waals surface area contributed by atoms with Crippen molar-refractivity contribution in [1.29, 1.82) is 0 Å². The Morgan fingerprint density at radius 1 is 1.36 bits per heavy atom. The summed E-state index contributed by atoms with van der Waals surface area (Å²) >= 11 is 5.95. The van der Waals surface area contributed by atoms with Crippen molar-refractivity contribution in [2.75, 3.05) is 0 Å². The maximum atomic E-state index is 5.95. The largest absolute Gasteiger partial charge is 0.301 e. The number of halogens is 1. The quantitative estimate of drug-likeness (QED) is 0.672. The van der Waals surface area contributed by atoms with Gasteiger partial charge in [-0.3, -0.25) is 0 Å². The summed E-state index contributed by atoms with van der Waals surface area (Å²) in [6.07, 6.45) is 8.10. The molecule has 0 spiro atoms. The lowest BCUT2D eigenvalue weighted by Crippen LogP contribution is -2.07. The van der Waals surface area contributed by atoms with Gasteiger partial charge in [-0.2, -0.15) is 0 Å². The molecule has 0 aromatic carbocycles. The van der Waals surface area contributed by atoms with Crippen molar-refractivity contribution in [3.8, 4) is 0 Å². The van der Waals surface area contributed by atoms with Gasteiger partial charge in [-0.25, -0.2) is 0 Å². The highest BCUT2D eigenvalue weighted by molar-refractivity contribution is 6.28. The van der Waals surface area contributed by atoms with Gasteiger partial charge in [0.05, 0.1) is 0 Å². The summed E-state index contributed by atoms with van der Waals surface area (Å²) in [6, 6.07) is 0.516. The van der Waals surface area contributed by atoms with E-state index in [0.29, 0.717) is 11.3 Å². The third-order valence-electron chi connectivity index (χ3n) is 3.15. The van der Waals surface area contributed by atoms with Crippen molar-refractivity contribution < 1.29 is 0 Å². The van der Waals surface area contributed by atoms with E-state index in [-0.39, 0.29) is 0 Å². The maximum Gasteiger partial charge on any atom is 0.225 e. The number of nitrogens with zero attached hydrogens (tertiary/aromatic N) is 3. The Kier molecular flexibility index (Phi) is 3.06. The van der Waals surface area contributed by atoms with Crippen LogP contribution in [-0.2, 0) is 0 Å². The first kappa shape index (κ1) is 9.97. The molecule has 1 heterocycles. The summed E-state index contributed by atoms with van der Waals surface area (Å²) < 4.78 is 2.01. The van der Waals surface area contributed by atoms with Crippen LogP contribution in [0.3, 0.4) is 0 Å². The lowest BCUT2D eigenvalue weighted by atomic mass is 10.0. The second-order valence-electron chi connectivity index (χ2n) is 4.27. The molecule has 14 heavy (non-hydrogen) atoms.